The molecule has 0 aliphatic carbocycles. The van der Waals surface area contributed by atoms with Gasteiger partial charge in [0.2, 0.25) is 0 Å². The van der Waals surface area contributed by atoms with Crippen LogP contribution in [0.15, 0.2) is 15.9 Å². The Labute approximate surface area is 103 Å². The van der Waals surface area contributed by atoms with E-state index >= 15 is 0 Å². The normalized spacial score (nSPS) is 23.2. The van der Waals surface area contributed by atoms with Gasteiger partial charge in [0, 0.05) is 33.3 Å². The van der Waals surface area contributed by atoms with Gasteiger partial charge in [-0.1, -0.05) is 6.92 Å². The molecule has 1 aromatic heterocycles. The summed E-state index contributed by atoms with van der Waals surface area (Å²) in [5.41, 5.74) is 0. The molecular formula is C11H16BrNOS. The second-order valence-corrected chi connectivity index (χ2v) is 5.68. The molecule has 2 heterocycles. The van der Waals surface area contributed by atoms with Crippen molar-refractivity contribution >= 4 is 27.3 Å². The summed E-state index contributed by atoms with van der Waals surface area (Å²) in [6.45, 7) is 4.98. The number of hydrogen-bond donors (Lipinski definition) is 1. The third-order valence-corrected chi connectivity index (χ3v) is 4.53. The number of nitrogens with one attached hydrogen (secondary N) is 1. The van der Waals surface area contributed by atoms with E-state index in [1.165, 1.54) is 15.8 Å². The highest BCUT2D eigenvalue weighted by molar-refractivity contribution is 9.10. The van der Waals surface area contributed by atoms with Crippen molar-refractivity contribution in [2.24, 2.45) is 5.92 Å². The Morgan fingerprint density at radius 3 is 3.13 bits per heavy atom. The van der Waals surface area contributed by atoms with Crippen LogP contribution in [0.2, 0.25) is 0 Å². The largest absolute Gasteiger partial charge is 0.381 e. The summed E-state index contributed by atoms with van der Waals surface area (Å²) in [6.07, 6.45) is 1.17. The maximum atomic E-state index is 5.47. The second-order valence-electron chi connectivity index (χ2n) is 3.83. The molecule has 4 heteroatoms. The lowest BCUT2D eigenvalue weighted by Crippen LogP contribution is -2.27. The Balaban J connectivity index is 2.11. The van der Waals surface area contributed by atoms with Crippen molar-refractivity contribution in [1.82, 2.24) is 5.32 Å². The van der Waals surface area contributed by atoms with E-state index in [1.54, 1.807) is 0 Å². The van der Waals surface area contributed by atoms with Crippen LogP contribution < -0.4 is 5.32 Å². The van der Waals surface area contributed by atoms with Gasteiger partial charge in [0.1, 0.15) is 0 Å². The Hall–Kier alpha value is 0.1000. The fourth-order valence-corrected chi connectivity index (χ4v) is 3.64. The minimum Gasteiger partial charge on any atom is -0.381 e. The van der Waals surface area contributed by atoms with Crippen LogP contribution in [0.1, 0.15) is 24.3 Å². The van der Waals surface area contributed by atoms with E-state index in [4.69, 9.17) is 4.74 Å². The van der Waals surface area contributed by atoms with Crippen LogP contribution in [0.5, 0.6) is 0 Å². The van der Waals surface area contributed by atoms with Crippen LogP contribution in [0, 0.1) is 5.92 Å². The lowest BCUT2D eigenvalue weighted by Gasteiger charge is -2.21. The molecule has 15 heavy (non-hydrogen) atoms. The van der Waals surface area contributed by atoms with Crippen LogP contribution in [-0.2, 0) is 4.74 Å². The first-order valence-corrected chi connectivity index (χ1v) is 7.03. The zero-order valence-corrected chi connectivity index (χ0v) is 11.2. The van der Waals surface area contributed by atoms with Crippen LogP contribution in [-0.4, -0.2) is 19.8 Å². The van der Waals surface area contributed by atoms with Gasteiger partial charge in [-0.25, -0.2) is 0 Å². The first-order valence-electron chi connectivity index (χ1n) is 5.36. The van der Waals surface area contributed by atoms with Gasteiger partial charge < -0.3 is 10.1 Å². The number of halogens is 1. The van der Waals surface area contributed by atoms with Crippen LogP contribution in [0.25, 0.3) is 0 Å². The molecule has 1 aliphatic rings. The fraction of sp³-hybridized carbons (Fsp3) is 0.636. The third kappa shape index (κ3) is 2.81. The molecule has 1 aromatic rings. The minimum atomic E-state index is 0.466. The molecular weight excluding hydrogens is 274 g/mol. The molecule has 2 unspecified atom stereocenters. The Morgan fingerprint density at radius 1 is 1.73 bits per heavy atom. The van der Waals surface area contributed by atoms with Gasteiger partial charge in [-0.15, -0.1) is 11.3 Å². The molecule has 2 nitrogen and oxygen atoms in total. The molecule has 2 atom stereocenters. The van der Waals surface area contributed by atoms with E-state index in [9.17, 15) is 0 Å². The molecule has 84 valence electrons. The maximum absolute atomic E-state index is 5.47. The van der Waals surface area contributed by atoms with Crippen molar-refractivity contribution in [2.45, 2.75) is 19.4 Å². The molecule has 0 spiro atoms. The average molecular weight is 290 g/mol. The standard InChI is InChI=1S/C11H16BrNOS/c1-2-13-11(8-3-4-14-6-8)10-5-9(12)7-15-10/h5,7-8,11,13H,2-4,6H2,1H3. The summed E-state index contributed by atoms with van der Waals surface area (Å²) in [7, 11) is 0. The Kier molecular flexibility index (Phi) is 4.20. The molecule has 0 amide bonds. The molecule has 1 saturated heterocycles. The SMILES string of the molecule is CCNC(c1cc(Br)cs1)C1CCOC1. The Morgan fingerprint density at radius 2 is 2.60 bits per heavy atom. The molecule has 1 aliphatic heterocycles. The smallest absolute Gasteiger partial charge is 0.0513 e. The number of rotatable bonds is 4. The first-order chi connectivity index (χ1) is 7.31. The van der Waals surface area contributed by atoms with Crippen molar-refractivity contribution in [3.05, 3.63) is 20.8 Å². The molecule has 0 aromatic carbocycles. The van der Waals surface area contributed by atoms with E-state index in [2.05, 4.69) is 39.6 Å². The summed E-state index contributed by atoms with van der Waals surface area (Å²) in [4.78, 5) is 1.42. The fourth-order valence-electron chi connectivity index (χ4n) is 2.03. The molecule has 1 fully saturated rings. The van der Waals surface area contributed by atoms with Gasteiger partial charge in [-0.3, -0.25) is 0 Å². The highest BCUT2D eigenvalue weighted by atomic mass is 79.9. The minimum absolute atomic E-state index is 0.466. The van der Waals surface area contributed by atoms with Crippen LogP contribution >= 0.6 is 27.3 Å². The van der Waals surface area contributed by atoms with Gasteiger partial charge in [-0.05, 0) is 35.0 Å². The van der Waals surface area contributed by atoms with Gasteiger partial charge >= 0.3 is 0 Å². The zero-order chi connectivity index (χ0) is 10.7. The highest BCUT2D eigenvalue weighted by Gasteiger charge is 2.27. The molecule has 2 rings (SSSR count). The average Bonchev–Trinajstić information content (AvgIpc) is 2.85. The van der Waals surface area contributed by atoms with Crippen molar-refractivity contribution in [1.29, 1.82) is 0 Å². The highest BCUT2D eigenvalue weighted by Crippen LogP contribution is 2.33. The van der Waals surface area contributed by atoms with Gasteiger partial charge in [0.25, 0.3) is 0 Å². The van der Waals surface area contributed by atoms with Crippen molar-refractivity contribution in [3.63, 3.8) is 0 Å². The molecule has 0 saturated carbocycles. The zero-order valence-electron chi connectivity index (χ0n) is 8.83. The van der Waals surface area contributed by atoms with Crippen molar-refractivity contribution in [2.75, 3.05) is 19.8 Å². The molecule has 0 bridgehead atoms. The predicted molar refractivity (Wildman–Crippen MR) is 67.4 cm³/mol. The monoisotopic (exact) mass is 289 g/mol. The summed E-state index contributed by atoms with van der Waals surface area (Å²) >= 11 is 5.33. The van der Waals surface area contributed by atoms with E-state index < -0.39 is 0 Å². The Bertz CT molecular complexity index is 309. The number of hydrogen-bond acceptors (Lipinski definition) is 3. The number of ether oxygens (including phenoxy) is 1. The van der Waals surface area contributed by atoms with Crippen LogP contribution in [0.3, 0.4) is 0 Å². The molecule has 0 radical (unpaired) electrons. The lowest BCUT2D eigenvalue weighted by atomic mass is 9.97. The van der Waals surface area contributed by atoms with Crippen molar-refractivity contribution < 1.29 is 4.74 Å². The molecule has 1 N–H and O–H groups in total. The van der Waals surface area contributed by atoms with Crippen LogP contribution in [0.4, 0.5) is 0 Å². The second kappa shape index (κ2) is 5.43. The lowest BCUT2D eigenvalue weighted by molar-refractivity contribution is 0.177. The van der Waals surface area contributed by atoms with Gasteiger partial charge in [-0.2, -0.15) is 0 Å². The summed E-state index contributed by atoms with van der Waals surface area (Å²) in [6, 6.07) is 2.69. The maximum Gasteiger partial charge on any atom is 0.0513 e. The quantitative estimate of drug-likeness (QED) is 0.919. The van der Waals surface area contributed by atoms with E-state index in [1.807, 2.05) is 11.3 Å². The topological polar surface area (TPSA) is 21.3 Å². The van der Waals surface area contributed by atoms with E-state index in [0.717, 1.165) is 19.8 Å². The summed E-state index contributed by atoms with van der Waals surface area (Å²) in [5.74, 6) is 0.635. The number of thiophene rings is 1. The summed E-state index contributed by atoms with van der Waals surface area (Å²) < 4.78 is 6.65. The van der Waals surface area contributed by atoms with Gasteiger partial charge in [0.15, 0.2) is 0 Å². The third-order valence-electron chi connectivity index (χ3n) is 2.75. The predicted octanol–water partition coefficient (Wildman–Crippen LogP) is 3.20. The van der Waals surface area contributed by atoms with E-state index in [-0.39, 0.29) is 0 Å². The van der Waals surface area contributed by atoms with E-state index in [0.29, 0.717) is 12.0 Å². The first kappa shape index (κ1) is 11.6. The summed E-state index contributed by atoms with van der Waals surface area (Å²) in [5, 5.41) is 5.71. The van der Waals surface area contributed by atoms with Crippen molar-refractivity contribution in [3.8, 4) is 0 Å². The van der Waals surface area contributed by atoms with Gasteiger partial charge in [0.05, 0.1) is 6.61 Å².